The van der Waals surface area contributed by atoms with Crippen LogP contribution in [0.3, 0.4) is 0 Å². The lowest BCUT2D eigenvalue weighted by atomic mass is 9.98. The average molecular weight is 340 g/mol. The van der Waals surface area contributed by atoms with Crippen LogP contribution in [-0.2, 0) is 11.0 Å². The molecule has 0 radical (unpaired) electrons. The van der Waals surface area contributed by atoms with E-state index in [0.29, 0.717) is 12.5 Å². The van der Waals surface area contributed by atoms with Crippen LogP contribution in [0, 0.1) is 11.8 Å². The van der Waals surface area contributed by atoms with Crippen LogP contribution in [-0.4, -0.2) is 35.8 Å². The van der Waals surface area contributed by atoms with Crippen LogP contribution in [0.2, 0.25) is 0 Å². The van der Waals surface area contributed by atoms with E-state index < -0.39 is 17.6 Å². The number of nitrogens with zero attached hydrogens (tertiary/aromatic N) is 1. The molecule has 2 fully saturated rings. The number of hydrogen-bond acceptors (Lipinski definition) is 2. The Labute approximate surface area is 138 Å². The van der Waals surface area contributed by atoms with Gasteiger partial charge in [-0.25, -0.2) is 0 Å². The van der Waals surface area contributed by atoms with Gasteiger partial charge in [0.2, 0.25) is 5.91 Å². The van der Waals surface area contributed by atoms with Crippen molar-refractivity contribution in [2.75, 3.05) is 13.1 Å². The number of amides is 2. The van der Waals surface area contributed by atoms with E-state index in [-0.39, 0.29) is 30.0 Å². The Hall–Kier alpha value is -2.05. The highest BCUT2D eigenvalue weighted by Gasteiger charge is 2.45. The van der Waals surface area contributed by atoms with Crippen LogP contribution in [0.1, 0.15) is 35.7 Å². The summed E-state index contributed by atoms with van der Waals surface area (Å²) in [5, 5.41) is 2.84. The van der Waals surface area contributed by atoms with Gasteiger partial charge in [-0.1, -0.05) is 12.1 Å². The van der Waals surface area contributed by atoms with Crippen molar-refractivity contribution in [3.63, 3.8) is 0 Å². The molecule has 7 heteroatoms. The summed E-state index contributed by atoms with van der Waals surface area (Å²) in [5.74, 6) is -0.245. The highest BCUT2D eigenvalue weighted by Crippen LogP contribution is 2.42. The summed E-state index contributed by atoms with van der Waals surface area (Å²) in [6.45, 7) is 2.06. The van der Waals surface area contributed by atoms with Gasteiger partial charge in [-0.05, 0) is 30.9 Å². The van der Waals surface area contributed by atoms with Crippen molar-refractivity contribution in [2.24, 2.45) is 11.8 Å². The molecule has 0 unspecified atom stereocenters. The van der Waals surface area contributed by atoms with Crippen LogP contribution in [0.5, 0.6) is 0 Å². The fourth-order valence-corrected chi connectivity index (χ4v) is 3.50. The molecule has 1 saturated carbocycles. The van der Waals surface area contributed by atoms with E-state index in [9.17, 15) is 22.8 Å². The summed E-state index contributed by atoms with van der Waals surface area (Å²) in [5.41, 5.74) is -1.25. The monoisotopic (exact) mass is 340 g/mol. The number of nitrogens with one attached hydrogen (secondary N) is 1. The molecule has 0 aromatic heterocycles. The maximum atomic E-state index is 13.1. The minimum Gasteiger partial charge on any atom is -0.351 e. The SMILES string of the molecule is CC(=O)N[C@H]1CN(C(=O)c2ccccc2C(F)(F)F)C[C@@H]1C1CC1. The van der Waals surface area contributed by atoms with Gasteiger partial charge in [-0.15, -0.1) is 0 Å². The predicted octanol–water partition coefficient (Wildman–Crippen LogP) is 2.69. The van der Waals surface area contributed by atoms with E-state index >= 15 is 0 Å². The van der Waals surface area contributed by atoms with E-state index in [2.05, 4.69) is 5.32 Å². The van der Waals surface area contributed by atoms with E-state index in [4.69, 9.17) is 0 Å². The molecule has 24 heavy (non-hydrogen) atoms. The molecule has 2 aliphatic rings. The van der Waals surface area contributed by atoms with Crippen molar-refractivity contribution in [1.29, 1.82) is 0 Å². The molecular formula is C17H19F3N2O2. The molecule has 2 amide bonds. The first-order valence-corrected chi connectivity index (χ1v) is 8.00. The standard InChI is InChI=1S/C17H19F3N2O2/c1-10(23)21-15-9-22(8-13(15)11-6-7-11)16(24)12-4-2-3-5-14(12)17(18,19)20/h2-5,11,13,15H,6-9H2,1H3,(H,21,23)/t13-,15+/m1/s1. The highest BCUT2D eigenvalue weighted by atomic mass is 19.4. The van der Waals surface area contributed by atoms with Crippen molar-refractivity contribution in [3.8, 4) is 0 Å². The molecular weight excluding hydrogens is 321 g/mol. The van der Waals surface area contributed by atoms with Crippen molar-refractivity contribution >= 4 is 11.8 Å². The molecule has 0 bridgehead atoms. The lowest BCUT2D eigenvalue weighted by Crippen LogP contribution is -2.40. The minimum absolute atomic E-state index is 0.121. The second-order valence-corrected chi connectivity index (χ2v) is 6.56. The number of alkyl halides is 3. The summed E-state index contributed by atoms with van der Waals surface area (Å²) in [4.78, 5) is 25.4. The second kappa shape index (κ2) is 6.11. The third kappa shape index (κ3) is 3.39. The van der Waals surface area contributed by atoms with Gasteiger partial charge in [0.25, 0.3) is 5.91 Å². The first-order chi connectivity index (χ1) is 11.3. The largest absolute Gasteiger partial charge is 0.417 e. The summed E-state index contributed by atoms with van der Waals surface area (Å²) < 4.78 is 39.4. The van der Waals surface area contributed by atoms with Crippen LogP contribution in [0.25, 0.3) is 0 Å². The van der Waals surface area contributed by atoms with Gasteiger partial charge in [-0.3, -0.25) is 9.59 Å². The van der Waals surface area contributed by atoms with Crippen LogP contribution < -0.4 is 5.32 Å². The molecule has 1 N–H and O–H groups in total. The van der Waals surface area contributed by atoms with Gasteiger partial charge >= 0.3 is 6.18 Å². The lowest BCUT2D eigenvalue weighted by Gasteiger charge is -2.19. The zero-order valence-electron chi connectivity index (χ0n) is 13.3. The maximum Gasteiger partial charge on any atom is 0.417 e. The molecule has 2 atom stereocenters. The van der Waals surface area contributed by atoms with Crippen molar-refractivity contribution < 1.29 is 22.8 Å². The predicted molar refractivity (Wildman–Crippen MR) is 81.2 cm³/mol. The van der Waals surface area contributed by atoms with Crippen molar-refractivity contribution in [1.82, 2.24) is 10.2 Å². The molecule has 3 rings (SSSR count). The number of carbonyl (C=O) groups excluding carboxylic acids is 2. The molecule has 1 aliphatic heterocycles. The van der Waals surface area contributed by atoms with Gasteiger partial charge in [0.05, 0.1) is 17.2 Å². The molecule has 4 nitrogen and oxygen atoms in total. The number of carbonyl (C=O) groups is 2. The molecule has 130 valence electrons. The number of hydrogen-bond donors (Lipinski definition) is 1. The zero-order valence-corrected chi connectivity index (χ0v) is 13.3. The second-order valence-electron chi connectivity index (χ2n) is 6.56. The summed E-state index contributed by atoms with van der Waals surface area (Å²) in [7, 11) is 0. The van der Waals surface area contributed by atoms with Crippen molar-refractivity contribution in [2.45, 2.75) is 32.0 Å². The first-order valence-electron chi connectivity index (χ1n) is 8.00. The van der Waals surface area contributed by atoms with E-state index in [1.165, 1.54) is 30.0 Å². The van der Waals surface area contributed by atoms with E-state index in [0.717, 1.165) is 18.9 Å². The Bertz CT molecular complexity index is 655. The van der Waals surface area contributed by atoms with Gasteiger partial charge in [0.15, 0.2) is 0 Å². The maximum absolute atomic E-state index is 13.1. The van der Waals surface area contributed by atoms with Crippen molar-refractivity contribution in [3.05, 3.63) is 35.4 Å². The first kappa shape index (κ1) is 16.8. The van der Waals surface area contributed by atoms with Gasteiger partial charge in [-0.2, -0.15) is 13.2 Å². The number of likely N-dealkylation sites (tertiary alicyclic amines) is 1. The van der Waals surface area contributed by atoms with Gasteiger partial charge < -0.3 is 10.2 Å². The van der Waals surface area contributed by atoms with Crippen LogP contribution >= 0.6 is 0 Å². The van der Waals surface area contributed by atoms with Crippen LogP contribution in [0.4, 0.5) is 13.2 Å². The Kier molecular flexibility index (Phi) is 4.27. The number of halogens is 3. The highest BCUT2D eigenvalue weighted by molar-refractivity contribution is 5.96. The van der Waals surface area contributed by atoms with E-state index in [1.54, 1.807) is 0 Å². The van der Waals surface area contributed by atoms with E-state index in [1.807, 2.05) is 0 Å². The fourth-order valence-electron chi connectivity index (χ4n) is 3.50. The Balaban J connectivity index is 1.82. The Morgan fingerprint density at radius 3 is 2.42 bits per heavy atom. The van der Waals surface area contributed by atoms with Crippen LogP contribution in [0.15, 0.2) is 24.3 Å². The fraction of sp³-hybridized carbons (Fsp3) is 0.529. The molecule has 1 aromatic rings. The molecule has 0 spiro atoms. The summed E-state index contributed by atoms with van der Waals surface area (Å²) in [6.07, 6.45) is -2.48. The topological polar surface area (TPSA) is 49.4 Å². The van der Waals surface area contributed by atoms with Gasteiger partial charge in [0.1, 0.15) is 0 Å². The lowest BCUT2D eigenvalue weighted by molar-refractivity contribution is -0.138. The van der Waals surface area contributed by atoms with Gasteiger partial charge in [0, 0.05) is 25.9 Å². The zero-order chi connectivity index (χ0) is 17.5. The third-order valence-electron chi connectivity index (χ3n) is 4.73. The quantitative estimate of drug-likeness (QED) is 0.920. The minimum atomic E-state index is -4.57. The Morgan fingerprint density at radius 1 is 1.17 bits per heavy atom. The average Bonchev–Trinajstić information content (AvgIpc) is 3.27. The smallest absolute Gasteiger partial charge is 0.351 e. The number of rotatable bonds is 3. The summed E-state index contributed by atoms with van der Waals surface area (Å²) >= 11 is 0. The third-order valence-corrected chi connectivity index (χ3v) is 4.73. The molecule has 1 aromatic carbocycles. The Morgan fingerprint density at radius 2 is 1.83 bits per heavy atom. The normalized spacial score (nSPS) is 24.1. The molecule has 1 heterocycles. The molecule has 1 saturated heterocycles. The number of benzene rings is 1. The summed E-state index contributed by atoms with van der Waals surface area (Å²) in [6, 6.07) is 4.66. The molecule has 1 aliphatic carbocycles.